The lowest BCUT2D eigenvalue weighted by atomic mass is 10.0. The maximum atomic E-state index is 13.4. The Balaban J connectivity index is 1.31. The summed E-state index contributed by atoms with van der Waals surface area (Å²) in [4.78, 5) is 34.9. The highest BCUT2D eigenvalue weighted by molar-refractivity contribution is 5.94. The van der Waals surface area contributed by atoms with Crippen LogP contribution in [0.15, 0.2) is 58.2 Å². The fraction of sp³-hybridized carbons (Fsp3) is 0.357. The molecule has 1 saturated heterocycles. The fourth-order valence-electron chi connectivity index (χ4n) is 5.35. The lowest BCUT2D eigenvalue weighted by Gasteiger charge is -2.27. The van der Waals surface area contributed by atoms with Gasteiger partial charge in [0.05, 0.1) is 18.2 Å². The van der Waals surface area contributed by atoms with E-state index in [-0.39, 0.29) is 11.3 Å². The number of hydrogen-bond acceptors (Lipinski definition) is 6. The molecule has 3 aromatic heterocycles. The van der Waals surface area contributed by atoms with Crippen molar-refractivity contribution in [2.45, 2.75) is 45.8 Å². The Kier molecular flexibility index (Phi) is 5.89. The summed E-state index contributed by atoms with van der Waals surface area (Å²) in [5, 5.41) is 5.45. The number of aryl methyl sites for hydroxylation is 1. The van der Waals surface area contributed by atoms with Gasteiger partial charge in [-0.3, -0.25) is 24.2 Å². The molecule has 8 heteroatoms. The molecule has 5 heterocycles. The standard InChI is InChI=1S/C28H29N5O3/c1-19-4-5-25-22(14-19)27(34)21(18-36-25)16-31-13-8-24-23(17-31)26(28(35)32-11-2-3-12-32)30-33(24)15-20-6-9-29-10-7-20/h4-7,9-10,14,18H,2-3,8,11-13,15-17H2,1H3. The summed E-state index contributed by atoms with van der Waals surface area (Å²) in [5.74, 6) is 0.0137. The van der Waals surface area contributed by atoms with Gasteiger partial charge in [-0.05, 0) is 49.6 Å². The van der Waals surface area contributed by atoms with Gasteiger partial charge in [0.1, 0.15) is 5.58 Å². The van der Waals surface area contributed by atoms with Gasteiger partial charge in [-0.25, -0.2) is 0 Å². The fourth-order valence-corrected chi connectivity index (χ4v) is 5.35. The average molecular weight is 484 g/mol. The van der Waals surface area contributed by atoms with Crippen molar-refractivity contribution in [2.75, 3.05) is 19.6 Å². The van der Waals surface area contributed by atoms with Gasteiger partial charge >= 0.3 is 0 Å². The lowest BCUT2D eigenvalue weighted by molar-refractivity contribution is 0.0783. The van der Waals surface area contributed by atoms with Gasteiger partial charge in [-0.1, -0.05) is 11.6 Å². The van der Waals surface area contributed by atoms with Crippen molar-refractivity contribution < 1.29 is 9.21 Å². The molecule has 6 rings (SSSR count). The normalized spacial score (nSPS) is 16.0. The minimum atomic E-state index is 0.00694. The van der Waals surface area contributed by atoms with E-state index in [9.17, 15) is 9.59 Å². The van der Waals surface area contributed by atoms with E-state index in [2.05, 4.69) is 9.88 Å². The molecule has 0 bridgehead atoms. The first-order valence-electron chi connectivity index (χ1n) is 12.6. The number of carbonyl (C=O) groups is 1. The second kappa shape index (κ2) is 9.35. The Morgan fingerprint density at radius 2 is 1.86 bits per heavy atom. The van der Waals surface area contributed by atoms with Crippen LogP contribution in [0.1, 0.15) is 51.3 Å². The van der Waals surface area contributed by atoms with Crippen molar-refractivity contribution in [1.29, 1.82) is 0 Å². The number of hydrogen-bond donors (Lipinski definition) is 0. The van der Waals surface area contributed by atoms with E-state index >= 15 is 0 Å². The number of rotatable bonds is 5. The van der Waals surface area contributed by atoms with Crippen LogP contribution in [-0.4, -0.2) is 50.1 Å². The second-order valence-corrected chi connectivity index (χ2v) is 9.84. The van der Waals surface area contributed by atoms with E-state index in [0.29, 0.717) is 41.9 Å². The first-order valence-corrected chi connectivity index (χ1v) is 12.6. The number of nitrogens with zero attached hydrogens (tertiary/aromatic N) is 5. The molecular weight excluding hydrogens is 454 g/mol. The highest BCUT2D eigenvalue weighted by atomic mass is 16.3. The zero-order valence-corrected chi connectivity index (χ0v) is 20.4. The Morgan fingerprint density at radius 3 is 2.67 bits per heavy atom. The molecule has 2 aliphatic rings. The van der Waals surface area contributed by atoms with E-state index in [0.717, 1.165) is 61.3 Å². The summed E-state index contributed by atoms with van der Waals surface area (Å²) in [6.45, 7) is 5.96. The summed E-state index contributed by atoms with van der Waals surface area (Å²) in [6, 6.07) is 9.63. The molecule has 0 saturated carbocycles. The molecule has 1 aromatic carbocycles. The van der Waals surface area contributed by atoms with Crippen molar-refractivity contribution in [3.05, 3.63) is 92.9 Å². The Hall–Kier alpha value is -3.78. The number of pyridine rings is 1. The topological polar surface area (TPSA) is 84.5 Å². The number of aromatic nitrogens is 3. The van der Waals surface area contributed by atoms with E-state index in [1.165, 1.54) is 0 Å². The van der Waals surface area contributed by atoms with E-state index < -0.39 is 0 Å². The average Bonchev–Trinajstić information content (AvgIpc) is 3.55. The zero-order valence-electron chi connectivity index (χ0n) is 20.4. The van der Waals surface area contributed by atoms with Gasteiger partial charge in [-0.15, -0.1) is 0 Å². The maximum Gasteiger partial charge on any atom is 0.274 e. The van der Waals surface area contributed by atoms with Crippen molar-refractivity contribution in [1.82, 2.24) is 24.6 Å². The summed E-state index contributed by atoms with van der Waals surface area (Å²) in [5.41, 5.74) is 6.00. The molecule has 4 aromatic rings. The van der Waals surface area contributed by atoms with Crippen molar-refractivity contribution >= 4 is 16.9 Å². The number of likely N-dealkylation sites (tertiary alicyclic amines) is 1. The van der Waals surface area contributed by atoms with E-state index in [4.69, 9.17) is 9.52 Å². The van der Waals surface area contributed by atoms with E-state index in [1.807, 2.05) is 46.8 Å². The maximum absolute atomic E-state index is 13.4. The first-order chi connectivity index (χ1) is 17.6. The molecule has 2 aliphatic heterocycles. The highest BCUT2D eigenvalue weighted by Crippen LogP contribution is 2.27. The van der Waals surface area contributed by atoms with Crippen LogP contribution in [0.2, 0.25) is 0 Å². The van der Waals surface area contributed by atoms with Crippen LogP contribution in [-0.2, 0) is 26.1 Å². The third-order valence-corrected chi connectivity index (χ3v) is 7.28. The van der Waals surface area contributed by atoms with Crippen molar-refractivity contribution in [3.8, 4) is 0 Å². The second-order valence-electron chi connectivity index (χ2n) is 9.84. The van der Waals surface area contributed by atoms with Crippen LogP contribution < -0.4 is 5.43 Å². The molecule has 0 N–H and O–H groups in total. The van der Waals surface area contributed by atoms with Gasteiger partial charge in [0.15, 0.2) is 11.1 Å². The van der Waals surface area contributed by atoms with E-state index in [1.54, 1.807) is 18.7 Å². The molecule has 8 nitrogen and oxygen atoms in total. The van der Waals surface area contributed by atoms with Crippen LogP contribution in [0, 0.1) is 6.92 Å². The zero-order chi connectivity index (χ0) is 24.6. The Morgan fingerprint density at radius 1 is 1.06 bits per heavy atom. The molecule has 0 atom stereocenters. The highest BCUT2D eigenvalue weighted by Gasteiger charge is 2.31. The summed E-state index contributed by atoms with van der Waals surface area (Å²) in [6.07, 6.45) is 7.97. The number of amides is 1. The van der Waals surface area contributed by atoms with Crippen LogP contribution >= 0.6 is 0 Å². The van der Waals surface area contributed by atoms with Gasteiger partial charge in [0.25, 0.3) is 5.91 Å². The van der Waals surface area contributed by atoms with Crippen LogP contribution in [0.25, 0.3) is 11.0 Å². The van der Waals surface area contributed by atoms with Crippen LogP contribution in [0.4, 0.5) is 0 Å². The largest absolute Gasteiger partial charge is 0.464 e. The minimum absolute atomic E-state index is 0.00694. The lowest BCUT2D eigenvalue weighted by Crippen LogP contribution is -2.34. The van der Waals surface area contributed by atoms with Gasteiger partial charge in [0.2, 0.25) is 0 Å². The molecule has 0 radical (unpaired) electrons. The molecule has 0 aliphatic carbocycles. The third kappa shape index (κ3) is 4.22. The number of benzene rings is 1. The molecule has 1 fully saturated rings. The molecule has 1 amide bonds. The molecular formula is C28H29N5O3. The minimum Gasteiger partial charge on any atom is -0.464 e. The predicted octanol–water partition coefficient (Wildman–Crippen LogP) is 3.54. The molecule has 0 unspecified atom stereocenters. The van der Waals surface area contributed by atoms with Crippen LogP contribution in [0.5, 0.6) is 0 Å². The van der Waals surface area contributed by atoms with Gasteiger partial charge in [0, 0.05) is 68.4 Å². The SMILES string of the molecule is Cc1ccc2occ(CN3CCc4c(c(C(=O)N5CCCC5)nn4Cc4ccncc4)C3)c(=O)c2c1. The quantitative estimate of drug-likeness (QED) is 0.432. The Labute approximate surface area is 209 Å². The molecule has 184 valence electrons. The predicted molar refractivity (Wildman–Crippen MR) is 136 cm³/mol. The summed E-state index contributed by atoms with van der Waals surface area (Å²) in [7, 11) is 0. The van der Waals surface area contributed by atoms with Gasteiger partial charge in [-0.2, -0.15) is 5.10 Å². The third-order valence-electron chi connectivity index (χ3n) is 7.28. The van der Waals surface area contributed by atoms with Gasteiger partial charge < -0.3 is 9.32 Å². The number of fused-ring (bicyclic) bond motifs is 2. The summed E-state index contributed by atoms with van der Waals surface area (Å²) < 4.78 is 7.77. The number of carbonyl (C=O) groups excluding carboxylic acids is 1. The summed E-state index contributed by atoms with van der Waals surface area (Å²) >= 11 is 0. The van der Waals surface area contributed by atoms with Crippen molar-refractivity contribution in [3.63, 3.8) is 0 Å². The van der Waals surface area contributed by atoms with Crippen molar-refractivity contribution in [2.24, 2.45) is 0 Å². The Bertz CT molecular complexity index is 1480. The molecule has 36 heavy (non-hydrogen) atoms. The monoisotopic (exact) mass is 483 g/mol. The molecule has 0 spiro atoms. The van der Waals surface area contributed by atoms with Crippen LogP contribution in [0.3, 0.4) is 0 Å². The smallest absolute Gasteiger partial charge is 0.274 e. The first kappa shape index (κ1) is 22.7.